The summed E-state index contributed by atoms with van der Waals surface area (Å²) in [5.74, 6) is 0.954. The van der Waals surface area contributed by atoms with Gasteiger partial charge < -0.3 is 5.73 Å². The lowest BCUT2D eigenvalue weighted by Gasteiger charge is -2.16. The van der Waals surface area contributed by atoms with Gasteiger partial charge in [0.15, 0.2) is 0 Å². The molecule has 0 radical (unpaired) electrons. The van der Waals surface area contributed by atoms with E-state index in [0.29, 0.717) is 11.8 Å². The van der Waals surface area contributed by atoms with Gasteiger partial charge >= 0.3 is 0 Å². The molecular formula is C12H19Br2N. The van der Waals surface area contributed by atoms with Gasteiger partial charge in [-0.25, -0.2) is 0 Å². The molecule has 0 atom stereocenters. The van der Waals surface area contributed by atoms with E-state index >= 15 is 0 Å². The molecule has 86 valence electrons. The van der Waals surface area contributed by atoms with Crippen molar-refractivity contribution in [1.82, 2.24) is 0 Å². The number of hydrogen-bond donors (Lipinski definition) is 1. The first-order valence-corrected chi connectivity index (χ1v) is 5.81. The van der Waals surface area contributed by atoms with Crippen molar-refractivity contribution >= 4 is 38.6 Å². The third-order valence-electron chi connectivity index (χ3n) is 2.45. The zero-order valence-electron chi connectivity index (χ0n) is 9.67. The van der Waals surface area contributed by atoms with Crippen LogP contribution in [0.1, 0.15) is 50.7 Å². The van der Waals surface area contributed by atoms with Crippen molar-refractivity contribution in [3.8, 4) is 0 Å². The van der Waals surface area contributed by atoms with Crippen LogP contribution in [0.3, 0.4) is 0 Å². The average molecular weight is 337 g/mol. The van der Waals surface area contributed by atoms with Gasteiger partial charge in [-0.2, -0.15) is 0 Å². The van der Waals surface area contributed by atoms with E-state index in [1.807, 2.05) is 0 Å². The average Bonchev–Trinajstić information content (AvgIpc) is 2.07. The number of rotatable bonds is 2. The molecular weight excluding hydrogens is 318 g/mol. The van der Waals surface area contributed by atoms with Gasteiger partial charge in [0.2, 0.25) is 0 Å². The second-order valence-corrected chi connectivity index (χ2v) is 5.22. The van der Waals surface area contributed by atoms with E-state index in [-0.39, 0.29) is 17.0 Å². The molecule has 0 unspecified atom stereocenters. The summed E-state index contributed by atoms with van der Waals surface area (Å²) >= 11 is 3.53. The molecule has 0 saturated carbocycles. The Morgan fingerprint density at radius 2 is 1.33 bits per heavy atom. The number of anilines is 1. The minimum Gasteiger partial charge on any atom is -0.398 e. The SMILES string of the molecule is Br.CC(C)c1cc(Br)cc(C(C)C)c1N. The number of halogens is 2. The molecule has 0 aliphatic heterocycles. The second kappa shape index (κ2) is 5.90. The highest BCUT2D eigenvalue weighted by Crippen LogP contribution is 2.33. The monoisotopic (exact) mass is 335 g/mol. The van der Waals surface area contributed by atoms with Gasteiger partial charge in [0.25, 0.3) is 0 Å². The van der Waals surface area contributed by atoms with Gasteiger partial charge in [-0.3, -0.25) is 0 Å². The van der Waals surface area contributed by atoms with Crippen LogP contribution >= 0.6 is 32.9 Å². The van der Waals surface area contributed by atoms with Crippen molar-refractivity contribution in [3.05, 3.63) is 27.7 Å². The minimum absolute atomic E-state index is 0. The van der Waals surface area contributed by atoms with E-state index in [1.54, 1.807) is 0 Å². The van der Waals surface area contributed by atoms with Crippen molar-refractivity contribution in [2.75, 3.05) is 5.73 Å². The maximum absolute atomic E-state index is 6.13. The zero-order valence-corrected chi connectivity index (χ0v) is 13.0. The van der Waals surface area contributed by atoms with E-state index in [2.05, 4.69) is 55.8 Å². The fourth-order valence-electron chi connectivity index (χ4n) is 1.62. The largest absolute Gasteiger partial charge is 0.398 e. The Labute approximate surface area is 111 Å². The van der Waals surface area contributed by atoms with E-state index < -0.39 is 0 Å². The topological polar surface area (TPSA) is 26.0 Å². The molecule has 15 heavy (non-hydrogen) atoms. The molecule has 0 aliphatic rings. The minimum atomic E-state index is 0. The van der Waals surface area contributed by atoms with Crippen molar-refractivity contribution in [3.63, 3.8) is 0 Å². The molecule has 0 bridgehead atoms. The van der Waals surface area contributed by atoms with E-state index in [4.69, 9.17) is 5.73 Å². The standard InChI is InChI=1S/C12H18BrN.BrH/c1-7(2)10-5-9(13)6-11(8(3)4)12(10)14;/h5-8H,14H2,1-4H3;1H. The highest BCUT2D eigenvalue weighted by atomic mass is 79.9. The number of benzene rings is 1. The molecule has 0 fully saturated rings. The highest BCUT2D eigenvalue weighted by Gasteiger charge is 2.12. The molecule has 0 heterocycles. The van der Waals surface area contributed by atoms with Crippen LogP contribution in [-0.2, 0) is 0 Å². The van der Waals surface area contributed by atoms with Crippen molar-refractivity contribution in [2.45, 2.75) is 39.5 Å². The molecule has 0 aliphatic carbocycles. The maximum atomic E-state index is 6.13. The first kappa shape index (κ1) is 15.0. The van der Waals surface area contributed by atoms with E-state index in [9.17, 15) is 0 Å². The summed E-state index contributed by atoms with van der Waals surface area (Å²) in [6.45, 7) is 8.68. The van der Waals surface area contributed by atoms with Crippen LogP contribution in [0.25, 0.3) is 0 Å². The summed E-state index contributed by atoms with van der Waals surface area (Å²) in [4.78, 5) is 0. The third kappa shape index (κ3) is 3.49. The van der Waals surface area contributed by atoms with Crippen LogP contribution in [0.2, 0.25) is 0 Å². The van der Waals surface area contributed by atoms with Gasteiger partial charge in [-0.05, 0) is 35.1 Å². The van der Waals surface area contributed by atoms with E-state index in [0.717, 1.165) is 10.2 Å². The van der Waals surface area contributed by atoms with Crippen LogP contribution in [0, 0.1) is 0 Å². The number of nitrogens with two attached hydrogens (primary N) is 1. The van der Waals surface area contributed by atoms with Crippen LogP contribution in [-0.4, -0.2) is 0 Å². The smallest absolute Gasteiger partial charge is 0.0385 e. The van der Waals surface area contributed by atoms with Gasteiger partial charge in [0.1, 0.15) is 0 Å². The first-order chi connectivity index (χ1) is 6.43. The fraction of sp³-hybridized carbons (Fsp3) is 0.500. The summed E-state index contributed by atoms with van der Waals surface area (Å²) in [6.07, 6.45) is 0. The fourth-order valence-corrected chi connectivity index (χ4v) is 2.11. The van der Waals surface area contributed by atoms with Gasteiger partial charge in [0, 0.05) is 10.2 Å². The van der Waals surface area contributed by atoms with Crippen LogP contribution in [0.15, 0.2) is 16.6 Å². The molecule has 0 amide bonds. The molecule has 2 N–H and O–H groups in total. The quantitative estimate of drug-likeness (QED) is 0.767. The molecule has 3 heteroatoms. The molecule has 0 saturated heterocycles. The van der Waals surface area contributed by atoms with Crippen LogP contribution in [0.5, 0.6) is 0 Å². The molecule has 1 aromatic rings. The van der Waals surface area contributed by atoms with Crippen molar-refractivity contribution in [1.29, 1.82) is 0 Å². The lowest BCUT2D eigenvalue weighted by molar-refractivity contribution is 0.838. The van der Waals surface area contributed by atoms with Crippen LogP contribution in [0.4, 0.5) is 5.69 Å². The maximum Gasteiger partial charge on any atom is 0.0385 e. The Balaban J connectivity index is 0.00000196. The third-order valence-corrected chi connectivity index (χ3v) is 2.91. The lowest BCUT2D eigenvalue weighted by Crippen LogP contribution is -2.03. The lowest BCUT2D eigenvalue weighted by atomic mass is 9.93. The van der Waals surface area contributed by atoms with Crippen molar-refractivity contribution in [2.24, 2.45) is 0 Å². The molecule has 0 spiro atoms. The van der Waals surface area contributed by atoms with Gasteiger partial charge in [-0.15, -0.1) is 17.0 Å². The summed E-state index contributed by atoms with van der Waals surface area (Å²) in [6, 6.07) is 4.23. The summed E-state index contributed by atoms with van der Waals surface area (Å²) in [7, 11) is 0. The van der Waals surface area contributed by atoms with Gasteiger partial charge in [0.05, 0.1) is 0 Å². The zero-order chi connectivity index (χ0) is 10.9. The summed E-state index contributed by atoms with van der Waals surface area (Å²) in [5, 5.41) is 0. The Hall–Kier alpha value is -0.0200. The highest BCUT2D eigenvalue weighted by molar-refractivity contribution is 9.10. The van der Waals surface area contributed by atoms with Gasteiger partial charge in [-0.1, -0.05) is 43.6 Å². The number of hydrogen-bond acceptors (Lipinski definition) is 1. The summed E-state index contributed by atoms with van der Waals surface area (Å²) < 4.78 is 1.12. The first-order valence-electron chi connectivity index (χ1n) is 5.02. The van der Waals surface area contributed by atoms with Crippen LogP contribution < -0.4 is 5.73 Å². The molecule has 1 aromatic carbocycles. The summed E-state index contributed by atoms with van der Waals surface area (Å²) in [5.41, 5.74) is 9.57. The molecule has 0 aromatic heterocycles. The Bertz CT molecular complexity index is 303. The number of nitrogen functional groups attached to an aromatic ring is 1. The normalized spacial score (nSPS) is 10.6. The van der Waals surface area contributed by atoms with E-state index in [1.165, 1.54) is 11.1 Å². The Morgan fingerprint density at radius 3 is 1.60 bits per heavy atom. The predicted octanol–water partition coefficient (Wildman–Crippen LogP) is 4.86. The second-order valence-electron chi connectivity index (χ2n) is 4.31. The Morgan fingerprint density at radius 1 is 1.00 bits per heavy atom. The van der Waals surface area contributed by atoms with Crippen molar-refractivity contribution < 1.29 is 0 Å². The molecule has 1 nitrogen and oxygen atoms in total. The predicted molar refractivity (Wildman–Crippen MR) is 77.1 cm³/mol. The Kier molecular flexibility index (Phi) is 5.89. The molecule has 1 rings (SSSR count).